The Balaban J connectivity index is 4.54. The Labute approximate surface area is 68.2 Å². The van der Waals surface area contributed by atoms with E-state index in [-0.39, 0.29) is 11.4 Å². The van der Waals surface area contributed by atoms with E-state index in [0.29, 0.717) is 0 Å². The molecule has 0 atom stereocenters. The third-order valence-corrected chi connectivity index (χ3v) is 1.32. The first-order chi connectivity index (χ1) is 4.93. The van der Waals surface area contributed by atoms with Crippen LogP contribution in [0.3, 0.4) is 0 Å². The number of carbonyl (C=O) groups is 1. The van der Waals surface area contributed by atoms with Crippen LogP contribution in [0.1, 0.15) is 20.8 Å². The van der Waals surface area contributed by atoms with Crippen molar-refractivity contribution in [1.82, 2.24) is 4.90 Å². The molecule has 1 amide bonds. The van der Waals surface area contributed by atoms with Gasteiger partial charge in [-0.25, -0.2) is 0 Å². The number of hydrogen-bond donors (Lipinski definition) is 0. The molecule has 0 saturated carbocycles. The second-order valence-corrected chi connectivity index (χ2v) is 3.27. The highest BCUT2D eigenvalue weighted by Gasteiger charge is 2.21. The molecule has 0 fully saturated rings. The van der Waals surface area contributed by atoms with E-state index in [1.54, 1.807) is 4.90 Å². The molecule has 62 valence electrons. The van der Waals surface area contributed by atoms with Crippen LogP contribution >= 0.6 is 0 Å². The standard InChI is InChI=1S/C9H15NO/c1-6-8(11)10(7-2)9(3,4)5/h6-7H,1-2H2,3-5H3. The minimum atomic E-state index is -0.215. The van der Waals surface area contributed by atoms with E-state index in [1.165, 1.54) is 12.3 Å². The summed E-state index contributed by atoms with van der Waals surface area (Å²) in [5.41, 5.74) is -0.215. The average Bonchev–Trinajstić information content (AvgIpc) is 1.86. The first-order valence-electron chi connectivity index (χ1n) is 3.51. The second kappa shape index (κ2) is 3.37. The smallest absolute Gasteiger partial charge is 0.250 e. The van der Waals surface area contributed by atoms with Crippen LogP contribution < -0.4 is 0 Å². The van der Waals surface area contributed by atoms with E-state index < -0.39 is 0 Å². The molecule has 0 aliphatic heterocycles. The summed E-state index contributed by atoms with van der Waals surface area (Å²) in [5.74, 6) is -0.118. The summed E-state index contributed by atoms with van der Waals surface area (Å²) in [4.78, 5) is 12.7. The van der Waals surface area contributed by atoms with Crippen molar-refractivity contribution >= 4 is 5.91 Å². The van der Waals surface area contributed by atoms with Gasteiger partial charge in [-0.3, -0.25) is 4.79 Å². The van der Waals surface area contributed by atoms with Gasteiger partial charge in [0, 0.05) is 11.7 Å². The zero-order chi connectivity index (χ0) is 9.07. The fraction of sp³-hybridized carbons (Fsp3) is 0.444. The predicted molar refractivity (Wildman–Crippen MR) is 47.0 cm³/mol. The highest BCUT2D eigenvalue weighted by molar-refractivity contribution is 5.88. The minimum Gasteiger partial charge on any atom is -0.311 e. The molecule has 0 bridgehead atoms. The van der Waals surface area contributed by atoms with Gasteiger partial charge in [-0.15, -0.1) is 0 Å². The number of hydrogen-bond acceptors (Lipinski definition) is 1. The molecule has 2 nitrogen and oxygen atoms in total. The lowest BCUT2D eigenvalue weighted by molar-refractivity contribution is -0.127. The van der Waals surface area contributed by atoms with Gasteiger partial charge >= 0.3 is 0 Å². The Hall–Kier alpha value is -1.05. The maximum absolute atomic E-state index is 11.1. The fourth-order valence-corrected chi connectivity index (χ4v) is 0.793. The average molecular weight is 153 g/mol. The van der Waals surface area contributed by atoms with E-state index >= 15 is 0 Å². The highest BCUT2D eigenvalue weighted by atomic mass is 16.2. The maximum atomic E-state index is 11.1. The van der Waals surface area contributed by atoms with Crippen LogP contribution in [0, 0.1) is 0 Å². The van der Waals surface area contributed by atoms with E-state index in [2.05, 4.69) is 13.2 Å². The number of amides is 1. The molecule has 0 aromatic heterocycles. The van der Waals surface area contributed by atoms with Crippen molar-refractivity contribution in [3.63, 3.8) is 0 Å². The fourth-order valence-electron chi connectivity index (χ4n) is 0.793. The highest BCUT2D eigenvalue weighted by Crippen LogP contribution is 2.13. The van der Waals surface area contributed by atoms with Crippen LogP contribution in [0.5, 0.6) is 0 Å². The van der Waals surface area contributed by atoms with Gasteiger partial charge < -0.3 is 4.90 Å². The molecule has 0 unspecified atom stereocenters. The second-order valence-electron chi connectivity index (χ2n) is 3.27. The van der Waals surface area contributed by atoms with Gasteiger partial charge in [0.2, 0.25) is 5.91 Å². The first kappa shape index (κ1) is 9.95. The quantitative estimate of drug-likeness (QED) is 0.555. The first-order valence-corrected chi connectivity index (χ1v) is 3.51. The molecule has 0 rings (SSSR count). The van der Waals surface area contributed by atoms with E-state index in [1.807, 2.05) is 20.8 Å². The molecule has 2 heteroatoms. The van der Waals surface area contributed by atoms with Crippen molar-refractivity contribution in [3.8, 4) is 0 Å². The topological polar surface area (TPSA) is 20.3 Å². The normalized spacial score (nSPS) is 10.5. The Kier molecular flexibility index (Phi) is 3.05. The van der Waals surface area contributed by atoms with Gasteiger partial charge in [0.15, 0.2) is 0 Å². The lowest BCUT2D eigenvalue weighted by Crippen LogP contribution is -2.40. The summed E-state index contributed by atoms with van der Waals surface area (Å²) in [5, 5.41) is 0. The summed E-state index contributed by atoms with van der Waals surface area (Å²) in [6, 6.07) is 0. The largest absolute Gasteiger partial charge is 0.311 e. The van der Waals surface area contributed by atoms with Gasteiger partial charge in [-0.1, -0.05) is 13.2 Å². The van der Waals surface area contributed by atoms with Crippen molar-refractivity contribution in [3.05, 3.63) is 25.4 Å². The van der Waals surface area contributed by atoms with Gasteiger partial charge in [0.25, 0.3) is 0 Å². The number of rotatable bonds is 2. The Morgan fingerprint density at radius 3 is 1.91 bits per heavy atom. The Bertz CT molecular complexity index is 176. The summed E-state index contributed by atoms with van der Waals surface area (Å²) < 4.78 is 0. The zero-order valence-corrected chi connectivity index (χ0v) is 7.42. The van der Waals surface area contributed by atoms with Gasteiger partial charge in [-0.2, -0.15) is 0 Å². The maximum Gasteiger partial charge on any atom is 0.250 e. The molecule has 0 radical (unpaired) electrons. The third kappa shape index (κ3) is 2.58. The summed E-state index contributed by atoms with van der Waals surface area (Å²) in [7, 11) is 0. The lowest BCUT2D eigenvalue weighted by Gasteiger charge is -2.31. The summed E-state index contributed by atoms with van der Waals surface area (Å²) >= 11 is 0. The van der Waals surface area contributed by atoms with Crippen molar-refractivity contribution < 1.29 is 4.79 Å². The van der Waals surface area contributed by atoms with E-state index in [0.717, 1.165) is 0 Å². The molecular formula is C9H15NO. The molecule has 0 spiro atoms. The van der Waals surface area contributed by atoms with Crippen LogP contribution in [0.25, 0.3) is 0 Å². The Morgan fingerprint density at radius 1 is 1.36 bits per heavy atom. The van der Waals surface area contributed by atoms with Crippen molar-refractivity contribution in [2.24, 2.45) is 0 Å². The van der Waals surface area contributed by atoms with E-state index in [9.17, 15) is 4.79 Å². The van der Waals surface area contributed by atoms with Crippen LogP contribution in [0.2, 0.25) is 0 Å². The van der Waals surface area contributed by atoms with Gasteiger partial charge in [-0.05, 0) is 26.8 Å². The molecule has 0 saturated heterocycles. The Morgan fingerprint density at radius 2 is 1.82 bits per heavy atom. The molecule has 0 aromatic carbocycles. The number of carbonyl (C=O) groups excluding carboxylic acids is 1. The van der Waals surface area contributed by atoms with Crippen LogP contribution in [-0.4, -0.2) is 16.3 Å². The molecule has 11 heavy (non-hydrogen) atoms. The van der Waals surface area contributed by atoms with Crippen molar-refractivity contribution in [2.45, 2.75) is 26.3 Å². The summed E-state index contributed by atoms with van der Waals surface area (Å²) in [6.45, 7) is 12.8. The summed E-state index contributed by atoms with van der Waals surface area (Å²) in [6.07, 6.45) is 2.80. The minimum absolute atomic E-state index is 0.118. The molecule has 0 heterocycles. The van der Waals surface area contributed by atoms with Crippen molar-refractivity contribution in [2.75, 3.05) is 0 Å². The monoisotopic (exact) mass is 153 g/mol. The van der Waals surface area contributed by atoms with E-state index in [4.69, 9.17) is 0 Å². The predicted octanol–water partition coefficient (Wildman–Crippen LogP) is 1.94. The van der Waals surface area contributed by atoms with Crippen molar-refractivity contribution in [1.29, 1.82) is 0 Å². The molecule has 0 aromatic rings. The van der Waals surface area contributed by atoms with Gasteiger partial charge in [0.05, 0.1) is 0 Å². The molecule has 0 N–H and O–H groups in total. The molecular weight excluding hydrogens is 138 g/mol. The number of nitrogens with zero attached hydrogens (tertiary/aromatic N) is 1. The van der Waals surface area contributed by atoms with Crippen LogP contribution in [0.4, 0.5) is 0 Å². The molecule has 0 aliphatic rings. The molecule has 0 aliphatic carbocycles. The SMILES string of the molecule is C=CC(=O)N(C=C)C(C)(C)C. The van der Waals surface area contributed by atoms with Crippen LogP contribution in [-0.2, 0) is 4.79 Å². The van der Waals surface area contributed by atoms with Gasteiger partial charge in [0.1, 0.15) is 0 Å². The lowest BCUT2D eigenvalue weighted by atomic mass is 10.1. The zero-order valence-electron chi connectivity index (χ0n) is 7.42. The van der Waals surface area contributed by atoms with Crippen LogP contribution in [0.15, 0.2) is 25.4 Å². The third-order valence-electron chi connectivity index (χ3n) is 1.32.